The lowest BCUT2D eigenvalue weighted by Crippen LogP contribution is -2.14. The maximum absolute atomic E-state index is 5.68. The summed E-state index contributed by atoms with van der Waals surface area (Å²) in [6.07, 6.45) is 3.82. The van der Waals surface area contributed by atoms with Crippen LogP contribution in [0.15, 0.2) is 12.2 Å². The van der Waals surface area contributed by atoms with Crippen LogP contribution in [0.2, 0.25) is 5.54 Å². The molecule has 0 aromatic heterocycles. The lowest BCUT2D eigenvalue weighted by Gasteiger charge is -2.11. The Balaban J connectivity index is 3.88. The molecule has 0 radical (unpaired) electrons. The van der Waals surface area contributed by atoms with Crippen LogP contribution in [-0.2, 0) is 0 Å². The van der Waals surface area contributed by atoms with E-state index in [1.165, 1.54) is 0 Å². The summed E-state index contributed by atoms with van der Waals surface area (Å²) in [5.74, 6) is 0. The molecule has 0 saturated heterocycles. The molecule has 0 N–H and O–H groups in total. The summed E-state index contributed by atoms with van der Waals surface area (Å²) in [6, 6.07) is -2.45. The number of rotatable bonds is 2. The molecular formula is C5H9Cl3Si. The van der Waals surface area contributed by atoms with Crippen LogP contribution >= 0.6 is 33.2 Å². The van der Waals surface area contributed by atoms with Crippen LogP contribution in [-0.4, -0.2) is 6.00 Å². The Bertz CT molecular complexity index is 105. The van der Waals surface area contributed by atoms with Gasteiger partial charge in [0.1, 0.15) is 0 Å². The normalized spacial score (nSPS) is 16.6. The topological polar surface area (TPSA) is 0 Å². The van der Waals surface area contributed by atoms with Gasteiger partial charge >= 0.3 is 6.00 Å². The molecular weight excluding hydrogens is 194 g/mol. The lowest BCUT2D eigenvalue weighted by molar-refractivity contribution is 1.18. The van der Waals surface area contributed by atoms with Crippen LogP contribution in [0.3, 0.4) is 0 Å². The van der Waals surface area contributed by atoms with Crippen molar-refractivity contribution in [2.75, 3.05) is 0 Å². The van der Waals surface area contributed by atoms with Gasteiger partial charge in [-0.05, 0) is 6.92 Å². The maximum Gasteiger partial charge on any atom is 0.347 e. The fourth-order valence-electron chi connectivity index (χ4n) is 0.398. The first-order chi connectivity index (χ1) is 3.98. The van der Waals surface area contributed by atoms with Gasteiger partial charge in [0.15, 0.2) is 0 Å². The third-order valence-corrected chi connectivity index (χ3v) is 5.32. The molecule has 0 amide bonds. The van der Waals surface area contributed by atoms with Crippen molar-refractivity contribution >= 4 is 39.2 Å². The Morgan fingerprint density at radius 3 is 1.89 bits per heavy atom. The average Bonchev–Trinajstić information content (AvgIpc) is 1.64. The Morgan fingerprint density at radius 1 is 1.33 bits per heavy atom. The molecule has 0 nitrogen and oxygen atoms in total. The first-order valence-electron chi connectivity index (χ1n) is 2.68. The van der Waals surface area contributed by atoms with E-state index in [2.05, 4.69) is 0 Å². The summed E-state index contributed by atoms with van der Waals surface area (Å²) in [6.45, 7) is 3.83. The van der Waals surface area contributed by atoms with Crippen LogP contribution in [0, 0.1) is 0 Å². The molecule has 4 heteroatoms. The highest BCUT2D eigenvalue weighted by Crippen LogP contribution is 2.34. The molecule has 0 spiro atoms. The Hall–Kier alpha value is 0.827. The van der Waals surface area contributed by atoms with Gasteiger partial charge in [-0.15, -0.1) is 33.2 Å². The number of halogens is 3. The van der Waals surface area contributed by atoms with E-state index in [0.29, 0.717) is 0 Å². The summed E-state index contributed by atoms with van der Waals surface area (Å²) in [4.78, 5) is 0. The van der Waals surface area contributed by atoms with Crippen LogP contribution in [0.5, 0.6) is 0 Å². The van der Waals surface area contributed by atoms with Crippen LogP contribution in [0.4, 0.5) is 0 Å². The van der Waals surface area contributed by atoms with E-state index in [9.17, 15) is 0 Å². The molecule has 9 heavy (non-hydrogen) atoms. The summed E-state index contributed by atoms with van der Waals surface area (Å²) in [5.41, 5.74) is 0.118. The van der Waals surface area contributed by atoms with Gasteiger partial charge in [0.2, 0.25) is 0 Å². The predicted molar refractivity (Wildman–Crippen MR) is 47.6 cm³/mol. The Labute approximate surface area is 70.9 Å². The molecule has 0 bridgehead atoms. The molecule has 0 heterocycles. The van der Waals surface area contributed by atoms with Gasteiger partial charge < -0.3 is 0 Å². The van der Waals surface area contributed by atoms with Gasteiger partial charge in [0, 0.05) is 5.54 Å². The molecule has 0 aromatic carbocycles. The van der Waals surface area contributed by atoms with Crippen molar-refractivity contribution in [2.45, 2.75) is 19.4 Å². The third kappa shape index (κ3) is 4.26. The average molecular weight is 204 g/mol. The van der Waals surface area contributed by atoms with E-state index in [-0.39, 0.29) is 5.54 Å². The molecule has 1 atom stereocenters. The second-order valence-electron chi connectivity index (χ2n) is 1.86. The molecule has 0 aliphatic heterocycles. The summed E-state index contributed by atoms with van der Waals surface area (Å²) in [7, 11) is 0. The molecule has 0 aliphatic rings. The quantitative estimate of drug-likeness (QED) is 0.365. The number of hydrogen-bond donors (Lipinski definition) is 0. The van der Waals surface area contributed by atoms with E-state index in [1.54, 1.807) is 0 Å². The molecule has 1 unspecified atom stereocenters. The monoisotopic (exact) mass is 202 g/mol. The van der Waals surface area contributed by atoms with Crippen molar-refractivity contribution in [3.05, 3.63) is 12.2 Å². The van der Waals surface area contributed by atoms with Gasteiger partial charge in [0.05, 0.1) is 0 Å². The minimum absolute atomic E-state index is 0.118. The molecule has 0 fully saturated rings. The van der Waals surface area contributed by atoms with Crippen molar-refractivity contribution in [3.8, 4) is 0 Å². The second kappa shape index (κ2) is 3.87. The van der Waals surface area contributed by atoms with Crippen LogP contribution in [0.25, 0.3) is 0 Å². The Kier molecular flexibility index (Phi) is 4.22. The Morgan fingerprint density at radius 2 is 1.78 bits per heavy atom. The van der Waals surface area contributed by atoms with Crippen molar-refractivity contribution in [2.24, 2.45) is 0 Å². The zero-order valence-corrected chi connectivity index (χ0v) is 8.63. The fraction of sp³-hybridized carbons (Fsp3) is 0.600. The summed E-state index contributed by atoms with van der Waals surface area (Å²) in [5, 5.41) is 0. The third-order valence-electron chi connectivity index (χ3n) is 0.997. The van der Waals surface area contributed by atoms with E-state index in [4.69, 9.17) is 33.2 Å². The SMILES string of the molecule is CC=CC(C)[Si](Cl)(Cl)Cl. The van der Waals surface area contributed by atoms with Crippen molar-refractivity contribution in [1.29, 1.82) is 0 Å². The van der Waals surface area contributed by atoms with E-state index in [0.717, 1.165) is 0 Å². The van der Waals surface area contributed by atoms with E-state index < -0.39 is 6.00 Å². The maximum atomic E-state index is 5.68. The standard InChI is InChI=1S/C5H9Cl3Si/c1-3-4-5(2)9(6,7)8/h3-5H,1-2H3. The molecule has 54 valence electrons. The first-order valence-corrected chi connectivity index (χ1v) is 7.79. The fourth-order valence-corrected chi connectivity index (χ4v) is 1.46. The molecule has 0 saturated carbocycles. The van der Waals surface area contributed by atoms with E-state index in [1.807, 2.05) is 26.0 Å². The van der Waals surface area contributed by atoms with Crippen LogP contribution in [0.1, 0.15) is 13.8 Å². The van der Waals surface area contributed by atoms with Gasteiger partial charge in [-0.3, -0.25) is 0 Å². The zero-order chi connectivity index (χ0) is 7.49. The molecule has 0 aliphatic carbocycles. The highest BCUT2D eigenvalue weighted by molar-refractivity contribution is 7.65. The highest BCUT2D eigenvalue weighted by atomic mass is 35.8. The van der Waals surface area contributed by atoms with Gasteiger partial charge in [-0.25, -0.2) is 0 Å². The van der Waals surface area contributed by atoms with Crippen molar-refractivity contribution in [3.63, 3.8) is 0 Å². The number of allylic oxidation sites excluding steroid dienone is 2. The predicted octanol–water partition coefficient (Wildman–Crippen LogP) is 3.61. The highest BCUT2D eigenvalue weighted by Gasteiger charge is 2.30. The van der Waals surface area contributed by atoms with Crippen molar-refractivity contribution < 1.29 is 0 Å². The smallest absolute Gasteiger partial charge is 0.125 e. The van der Waals surface area contributed by atoms with Crippen LogP contribution < -0.4 is 0 Å². The molecule has 0 rings (SSSR count). The van der Waals surface area contributed by atoms with E-state index >= 15 is 0 Å². The van der Waals surface area contributed by atoms with Gasteiger partial charge in [-0.2, -0.15) is 0 Å². The minimum atomic E-state index is -2.45. The number of hydrogen-bond acceptors (Lipinski definition) is 0. The zero-order valence-electron chi connectivity index (χ0n) is 5.37. The van der Waals surface area contributed by atoms with Crippen molar-refractivity contribution in [1.82, 2.24) is 0 Å². The second-order valence-corrected chi connectivity index (χ2v) is 11.0. The lowest BCUT2D eigenvalue weighted by atomic mass is 10.4. The first kappa shape index (κ1) is 9.83. The van der Waals surface area contributed by atoms with Gasteiger partial charge in [-0.1, -0.05) is 19.1 Å². The summed E-state index contributed by atoms with van der Waals surface area (Å²) < 4.78 is 0. The molecule has 0 aromatic rings. The largest absolute Gasteiger partial charge is 0.347 e. The minimum Gasteiger partial charge on any atom is -0.125 e. The van der Waals surface area contributed by atoms with Gasteiger partial charge in [0.25, 0.3) is 0 Å². The summed E-state index contributed by atoms with van der Waals surface area (Å²) >= 11 is 17.0.